The van der Waals surface area contributed by atoms with Crippen molar-refractivity contribution in [3.63, 3.8) is 0 Å². The van der Waals surface area contributed by atoms with Crippen molar-refractivity contribution in [1.29, 1.82) is 0 Å². The molecule has 0 radical (unpaired) electrons. The Hall–Kier alpha value is -2.49. The van der Waals surface area contributed by atoms with E-state index in [-0.39, 0.29) is 18.0 Å². The first-order valence-corrected chi connectivity index (χ1v) is 14.2. The maximum Gasteiger partial charge on any atom is 0.265 e. The van der Waals surface area contributed by atoms with E-state index in [2.05, 4.69) is 5.32 Å². The van der Waals surface area contributed by atoms with Gasteiger partial charge in [-0.25, -0.2) is 8.42 Å². The molecule has 11 heteroatoms. The first-order valence-electron chi connectivity index (χ1n) is 11.6. The number of benzene rings is 3. The number of anilines is 2. The molecule has 3 aromatic carbocycles. The number of piperazine rings is 1. The molecule has 1 N–H and O–H groups in total. The minimum Gasteiger partial charge on any atom is -0.479 e. The molecule has 0 unspecified atom stereocenters. The van der Waals surface area contributed by atoms with Crippen molar-refractivity contribution in [2.75, 3.05) is 36.4 Å². The summed E-state index contributed by atoms with van der Waals surface area (Å²) in [6, 6.07) is 16.8. The van der Waals surface area contributed by atoms with Crippen LogP contribution < -0.4 is 15.0 Å². The lowest BCUT2D eigenvalue weighted by molar-refractivity contribution is -0.122. The van der Waals surface area contributed by atoms with E-state index in [1.54, 1.807) is 61.5 Å². The molecule has 0 spiro atoms. The minimum absolute atomic E-state index is 0.270. The number of hydrogen-bond donors (Lipinski definition) is 1. The number of nitrogens with one attached hydrogen (secondary N) is 1. The summed E-state index contributed by atoms with van der Waals surface area (Å²) < 4.78 is 33.4. The number of aryl methyl sites for hydroxylation is 1. The molecule has 1 atom stereocenters. The number of nitrogens with zero attached hydrogens (tertiary/aromatic N) is 2. The predicted molar refractivity (Wildman–Crippen MR) is 149 cm³/mol. The lowest BCUT2D eigenvalue weighted by Gasteiger charge is -2.36. The third kappa shape index (κ3) is 6.33. The molecule has 1 aliphatic heterocycles. The van der Waals surface area contributed by atoms with Gasteiger partial charge in [-0.1, -0.05) is 58.6 Å². The van der Waals surface area contributed by atoms with Crippen molar-refractivity contribution in [1.82, 2.24) is 4.31 Å². The highest BCUT2D eigenvalue weighted by Gasteiger charge is 2.30. The van der Waals surface area contributed by atoms with E-state index in [1.807, 2.05) is 11.8 Å². The number of para-hydroxylation sites is 1. The number of carbonyl (C=O) groups is 1. The summed E-state index contributed by atoms with van der Waals surface area (Å²) in [5.74, 6) is -0.0546. The minimum atomic E-state index is -3.60. The SMILES string of the molecule is Cc1ccc(S(=O)(=O)N2CCN(c3c(Cl)cccc3NC(=O)[C@@H](C)Oc3ccc(Cl)cc3Cl)CC2)cc1. The lowest BCUT2D eigenvalue weighted by atomic mass is 10.2. The van der Waals surface area contributed by atoms with Crippen molar-refractivity contribution in [2.45, 2.75) is 24.8 Å². The van der Waals surface area contributed by atoms with Crippen LogP contribution in [0.4, 0.5) is 11.4 Å². The molecule has 1 fully saturated rings. The van der Waals surface area contributed by atoms with E-state index < -0.39 is 22.0 Å². The summed E-state index contributed by atoms with van der Waals surface area (Å²) in [6.45, 7) is 4.90. The Balaban J connectivity index is 1.46. The van der Waals surface area contributed by atoms with E-state index >= 15 is 0 Å². The molecular weight excluding hydrogens is 557 g/mol. The Kier molecular flexibility index (Phi) is 8.56. The van der Waals surface area contributed by atoms with Gasteiger partial charge in [0.25, 0.3) is 5.91 Å². The molecule has 1 heterocycles. The number of ether oxygens (including phenoxy) is 1. The summed E-state index contributed by atoms with van der Waals surface area (Å²) in [6.07, 6.45) is -0.859. The van der Waals surface area contributed by atoms with Crippen LogP contribution in [-0.4, -0.2) is 50.9 Å². The number of halogens is 3. The second-order valence-electron chi connectivity index (χ2n) is 8.66. The maximum atomic E-state index is 13.1. The molecule has 0 aromatic heterocycles. The van der Waals surface area contributed by atoms with Gasteiger partial charge < -0.3 is 15.0 Å². The Morgan fingerprint density at radius 2 is 1.62 bits per heavy atom. The van der Waals surface area contributed by atoms with Crippen LogP contribution in [0.15, 0.2) is 65.6 Å². The third-order valence-corrected chi connectivity index (χ3v) is 8.77. The van der Waals surface area contributed by atoms with Crippen LogP contribution in [0.25, 0.3) is 0 Å². The average molecular weight is 583 g/mol. The highest BCUT2D eigenvalue weighted by atomic mass is 35.5. The van der Waals surface area contributed by atoms with Gasteiger partial charge in [-0.2, -0.15) is 4.31 Å². The zero-order valence-corrected chi connectivity index (χ0v) is 23.3. The predicted octanol–water partition coefficient (Wildman–Crippen LogP) is 5.87. The van der Waals surface area contributed by atoms with Gasteiger partial charge in [-0.15, -0.1) is 0 Å². The summed E-state index contributed by atoms with van der Waals surface area (Å²) in [5.41, 5.74) is 2.12. The van der Waals surface area contributed by atoms with Crippen LogP contribution in [0.5, 0.6) is 5.75 Å². The van der Waals surface area contributed by atoms with Crippen molar-refractivity contribution < 1.29 is 17.9 Å². The molecule has 7 nitrogen and oxygen atoms in total. The van der Waals surface area contributed by atoms with E-state index in [0.29, 0.717) is 45.3 Å². The topological polar surface area (TPSA) is 79.0 Å². The van der Waals surface area contributed by atoms with Crippen LogP contribution in [0.2, 0.25) is 15.1 Å². The Morgan fingerprint density at radius 1 is 0.946 bits per heavy atom. The van der Waals surface area contributed by atoms with Gasteiger partial charge in [-0.3, -0.25) is 4.79 Å². The normalized spacial score (nSPS) is 15.3. The fourth-order valence-corrected chi connectivity index (χ4v) is 6.17. The van der Waals surface area contributed by atoms with Crippen molar-refractivity contribution >= 4 is 62.1 Å². The number of amides is 1. The molecule has 3 aromatic rings. The number of rotatable bonds is 7. The second kappa shape index (κ2) is 11.5. The van der Waals surface area contributed by atoms with Crippen molar-refractivity contribution in [2.24, 2.45) is 0 Å². The van der Waals surface area contributed by atoms with E-state index in [4.69, 9.17) is 39.5 Å². The molecular formula is C26H26Cl3N3O4S. The van der Waals surface area contributed by atoms with E-state index in [0.717, 1.165) is 5.56 Å². The van der Waals surface area contributed by atoms with Crippen LogP contribution in [-0.2, 0) is 14.8 Å². The number of carbonyl (C=O) groups excluding carboxylic acids is 1. The van der Waals surface area contributed by atoms with Crippen LogP contribution in [0.1, 0.15) is 12.5 Å². The third-order valence-electron chi connectivity index (χ3n) is 6.03. The quantitative estimate of drug-likeness (QED) is 0.377. The van der Waals surface area contributed by atoms with E-state index in [1.165, 1.54) is 10.4 Å². The van der Waals surface area contributed by atoms with Crippen LogP contribution in [0, 0.1) is 6.92 Å². The van der Waals surface area contributed by atoms with Gasteiger partial charge in [-0.05, 0) is 56.3 Å². The van der Waals surface area contributed by atoms with Gasteiger partial charge >= 0.3 is 0 Å². The first-order chi connectivity index (χ1) is 17.6. The lowest BCUT2D eigenvalue weighted by Crippen LogP contribution is -2.49. The fourth-order valence-electron chi connectivity index (χ4n) is 4.00. The molecule has 1 amide bonds. The molecule has 1 aliphatic rings. The van der Waals surface area contributed by atoms with E-state index in [9.17, 15) is 13.2 Å². The molecule has 1 saturated heterocycles. The molecule has 0 bridgehead atoms. The number of hydrogen-bond acceptors (Lipinski definition) is 5. The molecule has 0 aliphatic carbocycles. The highest BCUT2D eigenvalue weighted by molar-refractivity contribution is 7.89. The second-order valence-corrected chi connectivity index (χ2v) is 11.9. The largest absolute Gasteiger partial charge is 0.479 e. The smallest absolute Gasteiger partial charge is 0.265 e. The van der Waals surface area contributed by atoms with Gasteiger partial charge in [0, 0.05) is 31.2 Å². The summed E-state index contributed by atoms with van der Waals surface area (Å²) in [5, 5.41) is 4.09. The average Bonchev–Trinajstić information content (AvgIpc) is 2.86. The fraction of sp³-hybridized carbons (Fsp3) is 0.269. The van der Waals surface area contributed by atoms with Gasteiger partial charge in [0.1, 0.15) is 5.75 Å². The van der Waals surface area contributed by atoms with Crippen molar-refractivity contribution in [3.05, 3.63) is 81.3 Å². The zero-order chi connectivity index (χ0) is 26.7. The summed E-state index contributed by atoms with van der Waals surface area (Å²) in [7, 11) is -3.60. The van der Waals surface area contributed by atoms with Crippen LogP contribution in [0.3, 0.4) is 0 Å². The standard InChI is InChI=1S/C26H26Cl3N3O4S/c1-17-6-9-20(10-7-17)37(34,35)32-14-12-31(13-15-32)25-21(28)4-3-5-23(25)30-26(33)18(2)36-24-11-8-19(27)16-22(24)29/h3-11,16,18H,12-15H2,1-2H3,(H,30,33)/t18-/m1/s1. The first kappa shape index (κ1) is 27.5. The Labute approximate surface area is 231 Å². The summed E-state index contributed by atoms with van der Waals surface area (Å²) >= 11 is 18.6. The maximum absolute atomic E-state index is 13.1. The molecule has 196 valence electrons. The molecule has 37 heavy (non-hydrogen) atoms. The highest BCUT2D eigenvalue weighted by Crippen LogP contribution is 2.35. The van der Waals surface area contributed by atoms with Crippen molar-refractivity contribution in [3.8, 4) is 5.75 Å². The Bertz CT molecular complexity index is 1390. The monoisotopic (exact) mass is 581 g/mol. The van der Waals surface area contributed by atoms with Gasteiger partial charge in [0.2, 0.25) is 10.0 Å². The molecule has 4 rings (SSSR count). The van der Waals surface area contributed by atoms with Gasteiger partial charge in [0.15, 0.2) is 6.10 Å². The van der Waals surface area contributed by atoms with Gasteiger partial charge in [0.05, 0.1) is 26.3 Å². The molecule has 0 saturated carbocycles. The summed E-state index contributed by atoms with van der Waals surface area (Å²) in [4.78, 5) is 15.2. The Morgan fingerprint density at radius 3 is 2.27 bits per heavy atom. The number of sulfonamides is 1. The zero-order valence-electron chi connectivity index (χ0n) is 20.2. The van der Waals surface area contributed by atoms with Crippen LogP contribution >= 0.6 is 34.8 Å².